The van der Waals surface area contributed by atoms with E-state index in [2.05, 4.69) is 5.32 Å². The van der Waals surface area contributed by atoms with Gasteiger partial charge in [0.15, 0.2) is 0 Å². The molecular weight excluding hydrogens is 208 g/mol. The van der Waals surface area contributed by atoms with Crippen LogP contribution >= 0.6 is 0 Å². The van der Waals surface area contributed by atoms with Crippen LogP contribution in [0.3, 0.4) is 0 Å². The van der Waals surface area contributed by atoms with E-state index in [0.717, 1.165) is 25.7 Å². The maximum Gasteiger partial charge on any atom is 0.312 e. The molecule has 0 heterocycles. The monoisotopic (exact) mass is 230 g/mol. The first kappa shape index (κ1) is 13.3. The van der Waals surface area contributed by atoms with Crippen molar-refractivity contribution in [2.24, 2.45) is 11.7 Å². The molecule has 1 rings (SSSR count). The van der Waals surface area contributed by atoms with Gasteiger partial charge in [0.2, 0.25) is 0 Å². The Kier molecular flexibility index (Phi) is 5.55. The summed E-state index contributed by atoms with van der Waals surface area (Å²) in [6, 6.07) is -0.450. The summed E-state index contributed by atoms with van der Waals surface area (Å²) in [5.74, 6) is 0.586. The van der Waals surface area contributed by atoms with Crippen molar-refractivity contribution in [1.82, 2.24) is 5.32 Å². The molecule has 16 heavy (non-hydrogen) atoms. The maximum absolute atomic E-state index is 10.5. The highest BCUT2D eigenvalue weighted by molar-refractivity contribution is 5.71. The van der Waals surface area contributed by atoms with E-state index in [0.29, 0.717) is 12.5 Å². The topological polar surface area (TPSA) is 73.6 Å². The maximum atomic E-state index is 10.5. The van der Waals surface area contributed by atoms with Gasteiger partial charge in [-0.3, -0.25) is 0 Å². The van der Waals surface area contributed by atoms with E-state index in [-0.39, 0.29) is 12.2 Å². The summed E-state index contributed by atoms with van der Waals surface area (Å²) in [6.07, 6.45) is 4.49. The third kappa shape index (κ3) is 3.98. The van der Waals surface area contributed by atoms with Crippen LogP contribution in [0.2, 0.25) is 0 Å². The van der Waals surface area contributed by atoms with Crippen LogP contribution in [-0.4, -0.2) is 39.0 Å². The summed E-state index contributed by atoms with van der Waals surface area (Å²) in [5.41, 5.74) is 5.01. The fourth-order valence-electron chi connectivity index (χ4n) is 2.36. The fourth-order valence-corrected chi connectivity index (χ4v) is 2.36. The van der Waals surface area contributed by atoms with Crippen molar-refractivity contribution in [2.75, 3.05) is 20.8 Å². The lowest BCUT2D eigenvalue weighted by Gasteiger charge is -2.34. The van der Waals surface area contributed by atoms with E-state index in [1.807, 2.05) is 0 Å². The largest absolute Gasteiger partial charge is 0.379 e. The molecule has 5 nitrogen and oxygen atoms in total. The van der Waals surface area contributed by atoms with Crippen molar-refractivity contribution in [3.8, 4) is 0 Å². The number of urea groups is 1. The number of hydrogen-bond donors (Lipinski definition) is 2. The summed E-state index contributed by atoms with van der Waals surface area (Å²) in [7, 11) is 3.45. The first-order valence-electron chi connectivity index (χ1n) is 5.76. The van der Waals surface area contributed by atoms with Crippen LogP contribution < -0.4 is 11.1 Å². The van der Waals surface area contributed by atoms with Crippen molar-refractivity contribution < 1.29 is 14.3 Å². The number of nitrogens with two attached hydrogens (primary N) is 1. The van der Waals surface area contributed by atoms with E-state index >= 15 is 0 Å². The molecule has 0 aromatic carbocycles. The van der Waals surface area contributed by atoms with E-state index in [9.17, 15) is 4.79 Å². The molecule has 3 atom stereocenters. The van der Waals surface area contributed by atoms with Crippen molar-refractivity contribution in [2.45, 2.75) is 37.9 Å². The van der Waals surface area contributed by atoms with Gasteiger partial charge in [-0.1, -0.05) is 0 Å². The number of rotatable bonds is 5. The van der Waals surface area contributed by atoms with E-state index in [1.54, 1.807) is 14.2 Å². The quantitative estimate of drug-likeness (QED) is 0.736. The molecule has 0 aromatic heterocycles. The number of amides is 2. The van der Waals surface area contributed by atoms with Crippen molar-refractivity contribution in [3.63, 3.8) is 0 Å². The lowest BCUT2D eigenvalue weighted by atomic mass is 9.83. The van der Waals surface area contributed by atoms with Gasteiger partial charge in [0.1, 0.15) is 0 Å². The molecule has 1 aliphatic rings. The van der Waals surface area contributed by atoms with Gasteiger partial charge in [-0.25, -0.2) is 4.79 Å². The van der Waals surface area contributed by atoms with Crippen LogP contribution in [0.5, 0.6) is 0 Å². The van der Waals surface area contributed by atoms with Gasteiger partial charge < -0.3 is 20.5 Å². The molecule has 1 aliphatic carbocycles. The molecule has 94 valence electrons. The Balaban J connectivity index is 2.27. The van der Waals surface area contributed by atoms with Gasteiger partial charge in [-0.2, -0.15) is 0 Å². The van der Waals surface area contributed by atoms with Crippen LogP contribution in [-0.2, 0) is 9.47 Å². The number of hydrogen-bond acceptors (Lipinski definition) is 3. The minimum Gasteiger partial charge on any atom is -0.379 e. The van der Waals surface area contributed by atoms with Gasteiger partial charge in [0, 0.05) is 20.8 Å². The Hall–Kier alpha value is -0.810. The number of methoxy groups -OCH3 is 2. The number of nitrogens with one attached hydrogen (secondary N) is 1. The minimum absolute atomic E-state index is 0.178. The number of primary amides is 1. The predicted octanol–water partition coefficient (Wildman–Crippen LogP) is 0.875. The third-order valence-electron chi connectivity index (χ3n) is 3.30. The van der Waals surface area contributed by atoms with E-state index in [1.165, 1.54) is 0 Å². The molecule has 5 heteroatoms. The molecule has 1 fully saturated rings. The highest BCUT2D eigenvalue weighted by Crippen LogP contribution is 2.29. The van der Waals surface area contributed by atoms with Crippen LogP contribution in [0, 0.1) is 5.92 Å². The van der Waals surface area contributed by atoms with Crippen LogP contribution in [0.4, 0.5) is 4.79 Å². The Labute approximate surface area is 96.7 Å². The van der Waals surface area contributed by atoms with Gasteiger partial charge in [0.05, 0.1) is 12.2 Å². The molecule has 0 spiro atoms. The lowest BCUT2D eigenvalue weighted by molar-refractivity contribution is -0.0709. The highest BCUT2D eigenvalue weighted by atomic mass is 16.5. The molecule has 3 N–H and O–H groups in total. The normalized spacial score (nSPS) is 30.0. The zero-order valence-electron chi connectivity index (χ0n) is 10.1. The molecule has 0 unspecified atom stereocenters. The predicted molar refractivity (Wildman–Crippen MR) is 61.1 cm³/mol. The van der Waals surface area contributed by atoms with Crippen LogP contribution in [0.25, 0.3) is 0 Å². The molecule has 0 bridgehead atoms. The molecule has 1 saturated carbocycles. The van der Waals surface area contributed by atoms with Gasteiger partial charge >= 0.3 is 6.03 Å². The second-order valence-corrected chi connectivity index (χ2v) is 4.31. The Morgan fingerprint density at radius 3 is 2.56 bits per heavy atom. The first-order valence-corrected chi connectivity index (χ1v) is 5.76. The summed E-state index contributed by atoms with van der Waals surface area (Å²) in [5, 5.41) is 2.62. The fraction of sp³-hybridized carbons (Fsp3) is 0.909. The summed E-state index contributed by atoms with van der Waals surface area (Å²) < 4.78 is 10.8. The molecule has 2 amide bonds. The second kappa shape index (κ2) is 6.70. The number of carbonyl (C=O) groups excluding carboxylic acids is 1. The van der Waals surface area contributed by atoms with Gasteiger partial charge in [-0.05, 0) is 31.6 Å². The van der Waals surface area contributed by atoms with Crippen molar-refractivity contribution in [3.05, 3.63) is 0 Å². The molecule has 0 radical (unpaired) electrons. The molecule has 0 aromatic rings. The standard InChI is InChI=1S/C11H22N2O3/c1-15-9-4-3-8(7-10(9)16-2)5-6-13-11(12)14/h8-10H,3-7H2,1-2H3,(H3,12,13,14)/t8-,9+,10+/m1/s1. The summed E-state index contributed by atoms with van der Waals surface area (Å²) in [4.78, 5) is 10.5. The van der Waals surface area contributed by atoms with Crippen molar-refractivity contribution in [1.29, 1.82) is 0 Å². The van der Waals surface area contributed by atoms with E-state index in [4.69, 9.17) is 15.2 Å². The SMILES string of the molecule is CO[C@H]1CC[C@H](CCNC(N)=O)C[C@@H]1OC. The Bertz CT molecular complexity index is 223. The minimum atomic E-state index is -0.450. The number of ether oxygens (including phenoxy) is 2. The Morgan fingerprint density at radius 1 is 1.31 bits per heavy atom. The highest BCUT2D eigenvalue weighted by Gasteiger charge is 2.30. The van der Waals surface area contributed by atoms with Crippen LogP contribution in [0.15, 0.2) is 0 Å². The van der Waals surface area contributed by atoms with Crippen molar-refractivity contribution >= 4 is 6.03 Å². The first-order chi connectivity index (χ1) is 7.67. The lowest BCUT2D eigenvalue weighted by Crippen LogP contribution is -2.38. The third-order valence-corrected chi connectivity index (χ3v) is 3.30. The van der Waals surface area contributed by atoms with Crippen LogP contribution in [0.1, 0.15) is 25.7 Å². The van der Waals surface area contributed by atoms with E-state index < -0.39 is 6.03 Å². The molecule has 0 aliphatic heterocycles. The summed E-state index contributed by atoms with van der Waals surface area (Å²) in [6.45, 7) is 0.647. The van der Waals surface area contributed by atoms with Gasteiger partial charge in [-0.15, -0.1) is 0 Å². The van der Waals surface area contributed by atoms with Gasteiger partial charge in [0.25, 0.3) is 0 Å². The summed E-state index contributed by atoms with van der Waals surface area (Å²) >= 11 is 0. The zero-order valence-corrected chi connectivity index (χ0v) is 10.1. The average Bonchev–Trinajstić information content (AvgIpc) is 2.28. The Morgan fingerprint density at radius 2 is 2.00 bits per heavy atom. The number of carbonyl (C=O) groups is 1. The zero-order chi connectivity index (χ0) is 12.0. The molecule has 0 saturated heterocycles. The smallest absolute Gasteiger partial charge is 0.312 e. The molecular formula is C11H22N2O3. The average molecular weight is 230 g/mol. The second-order valence-electron chi connectivity index (χ2n) is 4.31.